The highest BCUT2D eigenvalue weighted by Crippen LogP contribution is 2.24. The van der Waals surface area contributed by atoms with E-state index in [4.69, 9.17) is 16.3 Å². The standard InChI is InChI=1S/C25H32ClN5O4/c1-16-12-28-24(30-19-5-3-2-4-6-19)25(34)31(16)14-22(32)27-13-17-11-18(26)7-10-21(17)35-15-23(33)29-20-8-9-20/h7,10-12,19-20H,2-6,8-9,13-15H2,1H3,(H,27,32)(H,28,30)(H,29,33). The van der Waals surface area contributed by atoms with E-state index in [0.29, 0.717) is 22.0 Å². The maximum Gasteiger partial charge on any atom is 0.293 e. The first kappa shape index (κ1) is 25.0. The summed E-state index contributed by atoms with van der Waals surface area (Å²) in [6.07, 6.45) is 9.14. The minimum atomic E-state index is -0.331. The summed E-state index contributed by atoms with van der Waals surface area (Å²) in [7, 11) is 0. The molecule has 0 spiro atoms. The molecule has 2 fully saturated rings. The quantitative estimate of drug-likeness (QED) is 0.461. The molecule has 0 saturated heterocycles. The Bertz CT molecular complexity index is 1130. The van der Waals surface area contributed by atoms with E-state index >= 15 is 0 Å². The van der Waals surface area contributed by atoms with Gasteiger partial charge in [0.15, 0.2) is 12.4 Å². The van der Waals surface area contributed by atoms with E-state index in [1.54, 1.807) is 31.3 Å². The number of ether oxygens (including phenoxy) is 1. The summed E-state index contributed by atoms with van der Waals surface area (Å²) in [6, 6.07) is 5.53. The predicted molar refractivity (Wildman–Crippen MR) is 134 cm³/mol. The van der Waals surface area contributed by atoms with Crippen molar-refractivity contribution in [3.05, 3.63) is 51.0 Å². The van der Waals surface area contributed by atoms with E-state index in [0.717, 1.165) is 38.5 Å². The Morgan fingerprint density at radius 3 is 2.63 bits per heavy atom. The number of aromatic nitrogens is 2. The van der Waals surface area contributed by atoms with Crippen molar-refractivity contribution in [2.45, 2.75) is 77.0 Å². The van der Waals surface area contributed by atoms with E-state index in [-0.39, 0.29) is 55.0 Å². The lowest BCUT2D eigenvalue weighted by Crippen LogP contribution is -2.36. The summed E-state index contributed by atoms with van der Waals surface area (Å²) in [6.45, 7) is 1.65. The topological polar surface area (TPSA) is 114 Å². The number of anilines is 1. The maximum absolute atomic E-state index is 13.0. The number of rotatable bonds is 10. The minimum Gasteiger partial charge on any atom is -0.483 e. The molecule has 3 N–H and O–H groups in total. The average Bonchev–Trinajstić information content (AvgIpc) is 3.66. The van der Waals surface area contributed by atoms with Crippen molar-refractivity contribution in [1.29, 1.82) is 0 Å². The van der Waals surface area contributed by atoms with E-state index in [1.807, 2.05) is 0 Å². The summed E-state index contributed by atoms with van der Waals surface area (Å²) in [5, 5.41) is 9.44. The van der Waals surface area contributed by atoms with Crippen LogP contribution in [0.25, 0.3) is 0 Å². The van der Waals surface area contributed by atoms with Crippen molar-refractivity contribution in [1.82, 2.24) is 20.2 Å². The van der Waals surface area contributed by atoms with E-state index in [2.05, 4.69) is 20.9 Å². The summed E-state index contributed by atoms with van der Waals surface area (Å²) in [5.41, 5.74) is 0.940. The van der Waals surface area contributed by atoms with Crippen LogP contribution >= 0.6 is 11.6 Å². The van der Waals surface area contributed by atoms with Crippen LogP contribution in [0, 0.1) is 6.92 Å². The second-order valence-corrected chi connectivity index (χ2v) is 9.71. The van der Waals surface area contributed by atoms with Gasteiger partial charge in [0.1, 0.15) is 12.3 Å². The van der Waals surface area contributed by atoms with Gasteiger partial charge >= 0.3 is 0 Å². The third-order valence-electron chi connectivity index (χ3n) is 6.30. The first-order valence-electron chi connectivity index (χ1n) is 12.2. The van der Waals surface area contributed by atoms with Gasteiger partial charge in [0.25, 0.3) is 11.5 Å². The largest absolute Gasteiger partial charge is 0.483 e. The van der Waals surface area contributed by atoms with Crippen molar-refractivity contribution < 1.29 is 14.3 Å². The molecule has 4 rings (SSSR count). The molecule has 0 unspecified atom stereocenters. The zero-order valence-corrected chi connectivity index (χ0v) is 20.7. The predicted octanol–water partition coefficient (Wildman–Crippen LogP) is 2.92. The molecule has 9 nitrogen and oxygen atoms in total. The molecule has 2 saturated carbocycles. The number of halogens is 1. The van der Waals surface area contributed by atoms with Crippen LogP contribution in [0.4, 0.5) is 5.82 Å². The van der Waals surface area contributed by atoms with Gasteiger partial charge in [-0.2, -0.15) is 0 Å². The number of carbonyl (C=O) groups is 2. The minimum absolute atomic E-state index is 0.110. The molecule has 0 aliphatic heterocycles. The Morgan fingerprint density at radius 2 is 1.89 bits per heavy atom. The molecule has 0 atom stereocenters. The van der Waals surface area contributed by atoms with Crippen LogP contribution in [-0.4, -0.2) is 40.1 Å². The normalized spacial score (nSPS) is 15.9. The number of amides is 2. The Kier molecular flexibility index (Phi) is 8.28. The highest BCUT2D eigenvalue weighted by Gasteiger charge is 2.23. The second kappa shape index (κ2) is 11.6. The Morgan fingerprint density at radius 1 is 1.11 bits per heavy atom. The van der Waals surface area contributed by atoms with Crippen molar-refractivity contribution >= 4 is 29.2 Å². The number of hydrogen-bond acceptors (Lipinski definition) is 6. The summed E-state index contributed by atoms with van der Waals surface area (Å²) < 4.78 is 7.09. The maximum atomic E-state index is 13.0. The Labute approximate surface area is 209 Å². The third-order valence-corrected chi connectivity index (χ3v) is 6.54. The molecule has 188 valence electrons. The van der Waals surface area contributed by atoms with E-state index in [1.165, 1.54) is 11.0 Å². The Balaban J connectivity index is 1.36. The number of nitrogens with zero attached hydrogens (tertiary/aromatic N) is 2. The molecule has 2 aromatic rings. The fourth-order valence-corrected chi connectivity index (χ4v) is 4.36. The summed E-state index contributed by atoms with van der Waals surface area (Å²) >= 11 is 6.13. The van der Waals surface area contributed by atoms with Crippen molar-refractivity contribution in [2.75, 3.05) is 11.9 Å². The summed E-state index contributed by atoms with van der Waals surface area (Å²) in [4.78, 5) is 41.9. The number of carbonyl (C=O) groups excluding carboxylic acids is 2. The van der Waals surface area contributed by atoms with Crippen LogP contribution in [0.2, 0.25) is 5.02 Å². The lowest BCUT2D eigenvalue weighted by atomic mass is 9.95. The van der Waals surface area contributed by atoms with Crippen molar-refractivity contribution in [2.24, 2.45) is 0 Å². The van der Waals surface area contributed by atoms with Gasteiger partial charge in [-0.15, -0.1) is 0 Å². The molecule has 0 radical (unpaired) electrons. The van der Waals surface area contributed by atoms with Gasteiger partial charge in [-0.3, -0.25) is 19.0 Å². The number of aryl methyl sites for hydroxylation is 1. The lowest BCUT2D eigenvalue weighted by Gasteiger charge is -2.23. The SMILES string of the molecule is Cc1cnc(NC2CCCCC2)c(=O)n1CC(=O)NCc1cc(Cl)ccc1OCC(=O)NC1CC1. The molecular formula is C25H32ClN5O4. The van der Waals surface area contributed by atoms with Gasteiger partial charge in [0.2, 0.25) is 5.91 Å². The molecule has 2 amide bonds. The average molecular weight is 502 g/mol. The van der Waals surface area contributed by atoms with Crippen LogP contribution in [0.15, 0.2) is 29.2 Å². The van der Waals surface area contributed by atoms with Gasteiger partial charge < -0.3 is 20.7 Å². The lowest BCUT2D eigenvalue weighted by molar-refractivity contribution is -0.123. The zero-order valence-electron chi connectivity index (χ0n) is 19.9. The molecule has 2 aliphatic rings. The molecule has 35 heavy (non-hydrogen) atoms. The molecule has 2 aliphatic carbocycles. The van der Waals surface area contributed by atoms with E-state index < -0.39 is 0 Å². The fourth-order valence-electron chi connectivity index (χ4n) is 4.17. The van der Waals surface area contributed by atoms with Crippen LogP contribution in [0.5, 0.6) is 5.75 Å². The van der Waals surface area contributed by atoms with Gasteiger partial charge in [-0.25, -0.2) is 4.98 Å². The molecule has 1 aromatic heterocycles. The molecular weight excluding hydrogens is 470 g/mol. The number of benzene rings is 1. The van der Waals surface area contributed by atoms with Crippen LogP contribution in [0.1, 0.15) is 56.2 Å². The summed E-state index contributed by atoms with van der Waals surface area (Å²) in [5.74, 6) is 0.243. The van der Waals surface area contributed by atoms with Crippen LogP contribution in [-0.2, 0) is 22.7 Å². The fraction of sp³-hybridized carbons (Fsp3) is 0.520. The smallest absolute Gasteiger partial charge is 0.293 e. The molecule has 10 heteroatoms. The van der Waals surface area contributed by atoms with Gasteiger partial charge in [0.05, 0.1) is 0 Å². The Hall–Kier alpha value is -3.07. The van der Waals surface area contributed by atoms with Crippen molar-refractivity contribution in [3.8, 4) is 5.75 Å². The first-order valence-corrected chi connectivity index (χ1v) is 12.6. The van der Waals surface area contributed by atoms with Crippen LogP contribution in [0.3, 0.4) is 0 Å². The molecule has 0 bridgehead atoms. The highest BCUT2D eigenvalue weighted by molar-refractivity contribution is 6.30. The monoisotopic (exact) mass is 501 g/mol. The third kappa shape index (κ3) is 7.21. The van der Waals surface area contributed by atoms with Gasteiger partial charge in [0, 0.05) is 41.1 Å². The van der Waals surface area contributed by atoms with Gasteiger partial charge in [-0.05, 0) is 50.8 Å². The highest BCUT2D eigenvalue weighted by atomic mass is 35.5. The molecule has 1 heterocycles. The van der Waals surface area contributed by atoms with Crippen molar-refractivity contribution in [3.63, 3.8) is 0 Å². The van der Waals surface area contributed by atoms with Gasteiger partial charge in [-0.1, -0.05) is 30.9 Å². The first-order chi connectivity index (χ1) is 16.9. The number of hydrogen-bond donors (Lipinski definition) is 3. The van der Waals surface area contributed by atoms with Crippen LogP contribution < -0.4 is 26.2 Å². The van der Waals surface area contributed by atoms with E-state index in [9.17, 15) is 14.4 Å². The second-order valence-electron chi connectivity index (χ2n) is 9.28. The zero-order chi connectivity index (χ0) is 24.8. The number of nitrogens with one attached hydrogen (secondary N) is 3. The molecule has 1 aromatic carbocycles.